The Morgan fingerprint density at radius 2 is 1.49 bits per heavy atom. The summed E-state index contributed by atoms with van der Waals surface area (Å²) in [6.07, 6.45) is 7.18. The van der Waals surface area contributed by atoms with E-state index in [0.29, 0.717) is 76.1 Å². The van der Waals surface area contributed by atoms with Gasteiger partial charge in [-0.25, -0.2) is 13.1 Å². The molecule has 1 aliphatic heterocycles. The van der Waals surface area contributed by atoms with Gasteiger partial charge in [0.15, 0.2) is 0 Å². The van der Waals surface area contributed by atoms with E-state index in [1.807, 2.05) is 36.5 Å². The van der Waals surface area contributed by atoms with Gasteiger partial charge in [-0.1, -0.05) is 48.0 Å². The average Bonchev–Trinajstić information content (AvgIpc) is 3.56. The summed E-state index contributed by atoms with van der Waals surface area (Å²) < 4.78 is 45.5. The Bertz CT molecular complexity index is 2530. The van der Waals surface area contributed by atoms with E-state index in [1.165, 1.54) is 23.3 Å². The number of aromatic amines is 1. The number of hydrogen-bond donors (Lipinski definition) is 4. The molecule has 0 saturated carbocycles. The van der Waals surface area contributed by atoms with Gasteiger partial charge in [0.2, 0.25) is 21.8 Å². The number of nitrogens with zero attached hydrogens (tertiary/aromatic N) is 2. The summed E-state index contributed by atoms with van der Waals surface area (Å²) in [4.78, 5) is 34.7. The predicted molar refractivity (Wildman–Crippen MR) is 239 cm³/mol. The SMILES string of the molecule is O=C(CCc1ccc2c(c1)[nH]c1ccncc12)NCCOCCOCCOCCC(=O)Nc1ccc(S(=O)(=O)NCCCN2c3ccccc3CCc3ccc(Cl)cc32)cc1. The molecule has 0 radical (unpaired) electrons. The van der Waals surface area contributed by atoms with Crippen LogP contribution in [0.4, 0.5) is 17.1 Å². The number of aryl methyl sites for hydroxylation is 3. The number of fused-ring (bicyclic) bond motifs is 5. The first-order valence-corrected chi connectivity index (χ1v) is 22.5. The number of amides is 2. The number of sulfonamides is 1. The number of H-pyrrole nitrogens is 1. The summed E-state index contributed by atoms with van der Waals surface area (Å²) in [7, 11) is -3.76. The maximum atomic E-state index is 13.1. The molecule has 13 nitrogen and oxygen atoms in total. The number of anilines is 3. The lowest BCUT2D eigenvalue weighted by molar-refractivity contribution is -0.121. The van der Waals surface area contributed by atoms with Crippen LogP contribution in [0.15, 0.2) is 108 Å². The number of ether oxygens (including phenoxy) is 3. The molecule has 61 heavy (non-hydrogen) atoms. The molecule has 1 aliphatic rings. The van der Waals surface area contributed by atoms with Gasteiger partial charge in [-0.3, -0.25) is 14.6 Å². The van der Waals surface area contributed by atoms with Gasteiger partial charge in [0, 0.05) is 82.3 Å². The van der Waals surface area contributed by atoms with Gasteiger partial charge in [-0.15, -0.1) is 0 Å². The standard InChI is InChI=1S/C46H51ClN6O7S/c47-36-11-10-35-9-8-34-4-1-2-5-43(34)53(44(35)31-36)23-3-20-50-61(56,57)38-14-12-37(13-15-38)51-46(55)19-24-58-26-28-60-29-27-59-25-22-49-45(54)17-7-33-6-16-39-40-32-48-21-18-41(40)52-42(39)30-33/h1-2,4-6,10-16,18,21,30-32,50,52H,3,7-9,17,19-20,22-29H2,(H,49,54)(H,51,55). The Morgan fingerprint density at radius 3 is 2.31 bits per heavy atom. The summed E-state index contributed by atoms with van der Waals surface area (Å²) in [6.45, 7) is 3.30. The number of halogens is 1. The van der Waals surface area contributed by atoms with Crippen LogP contribution >= 0.6 is 11.6 Å². The number of rotatable bonds is 22. The second-order valence-corrected chi connectivity index (χ2v) is 16.9. The Morgan fingerprint density at radius 1 is 0.738 bits per heavy atom. The highest BCUT2D eigenvalue weighted by molar-refractivity contribution is 7.89. The fourth-order valence-electron chi connectivity index (χ4n) is 7.36. The van der Waals surface area contributed by atoms with Crippen LogP contribution in [0.5, 0.6) is 0 Å². The third-order valence-corrected chi connectivity index (χ3v) is 12.2. The minimum absolute atomic E-state index is 0.0280. The van der Waals surface area contributed by atoms with Crippen LogP contribution in [0, 0.1) is 0 Å². The lowest BCUT2D eigenvalue weighted by atomic mass is 10.0. The van der Waals surface area contributed by atoms with Crippen molar-refractivity contribution in [2.45, 2.75) is 43.4 Å². The lowest BCUT2D eigenvalue weighted by Crippen LogP contribution is -2.28. The molecule has 2 aromatic heterocycles. The van der Waals surface area contributed by atoms with Gasteiger partial charge in [0.25, 0.3) is 0 Å². The molecule has 7 rings (SSSR count). The van der Waals surface area contributed by atoms with E-state index in [-0.39, 0.29) is 36.3 Å². The highest BCUT2D eigenvalue weighted by atomic mass is 35.5. The van der Waals surface area contributed by atoms with Gasteiger partial charge in [-0.05, 0) is 97.0 Å². The van der Waals surface area contributed by atoms with Crippen LogP contribution in [0.1, 0.15) is 36.0 Å². The van der Waals surface area contributed by atoms with E-state index in [1.54, 1.807) is 18.3 Å². The number of aromatic nitrogens is 2. The van der Waals surface area contributed by atoms with Crippen molar-refractivity contribution in [3.8, 4) is 0 Å². The maximum absolute atomic E-state index is 13.1. The smallest absolute Gasteiger partial charge is 0.240 e. The van der Waals surface area contributed by atoms with Crippen molar-refractivity contribution in [1.82, 2.24) is 20.0 Å². The third kappa shape index (κ3) is 12.2. The summed E-state index contributed by atoms with van der Waals surface area (Å²) in [6, 6.07) is 28.5. The molecule has 4 aromatic carbocycles. The normalized spacial score (nSPS) is 12.6. The van der Waals surface area contributed by atoms with Gasteiger partial charge in [0.1, 0.15) is 0 Å². The van der Waals surface area contributed by atoms with Crippen molar-refractivity contribution in [3.05, 3.63) is 125 Å². The van der Waals surface area contributed by atoms with E-state index in [2.05, 4.69) is 66.6 Å². The molecule has 0 saturated heterocycles. The molecule has 2 amide bonds. The molecule has 0 bridgehead atoms. The molecule has 4 N–H and O–H groups in total. The van der Waals surface area contributed by atoms with E-state index < -0.39 is 10.0 Å². The molecule has 0 atom stereocenters. The van der Waals surface area contributed by atoms with Crippen LogP contribution in [-0.2, 0) is 53.1 Å². The number of carbonyl (C=O) groups excluding carboxylic acids is 2. The number of para-hydroxylation sites is 1. The molecule has 0 unspecified atom stereocenters. The van der Waals surface area contributed by atoms with Crippen LogP contribution in [0.25, 0.3) is 21.8 Å². The zero-order valence-corrected chi connectivity index (χ0v) is 35.5. The number of pyridine rings is 1. The Hall–Kier alpha value is -5.35. The largest absolute Gasteiger partial charge is 0.379 e. The summed E-state index contributed by atoms with van der Waals surface area (Å²) >= 11 is 6.38. The second kappa shape index (κ2) is 21.4. The highest BCUT2D eigenvalue weighted by Gasteiger charge is 2.21. The van der Waals surface area contributed by atoms with E-state index in [9.17, 15) is 18.0 Å². The second-order valence-electron chi connectivity index (χ2n) is 14.7. The van der Waals surface area contributed by atoms with Crippen LogP contribution in [-0.4, -0.2) is 89.5 Å². The molecular formula is C46H51ClN6O7S. The van der Waals surface area contributed by atoms with E-state index >= 15 is 0 Å². The number of benzene rings is 4. The molecule has 320 valence electrons. The van der Waals surface area contributed by atoms with E-state index in [0.717, 1.165) is 51.6 Å². The zero-order valence-electron chi connectivity index (χ0n) is 34.0. The minimum atomic E-state index is -3.76. The molecule has 15 heteroatoms. The maximum Gasteiger partial charge on any atom is 0.240 e. The molecule has 0 fully saturated rings. The van der Waals surface area contributed by atoms with Gasteiger partial charge < -0.3 is 34.7 Å². The first-order valence-electron chi connectivity index (χ1n) is 20.6. The quantitative estimate of drug-likeness (QED) is 0.0522. The molecule has 0 spiro atoms. The zero-order chi connectivity index (χ0) is 42.4. The van der Waals surface area contributed by atoms with Crippen molar-refractivity contribution in [1.29, 1.82) is 0 Å². The molecule has 6 aromatic rings. The minimum Gasteiger partial charge on any atom is -0.379 e. The van der Waals surface area contributed by atoms with Crippen molar-refractivity contribution in [2.24, 2.45) is 0 Å². The Labute approximate surface area is 361 Å². The predicted octanol–water partition coefficient (Wildman–Crippen LogP) is 7.10. The average molecular weight is 867 g/mol. The fraction of sp³-hybridized carbons (Fsp3) is 0.326. The van der Waals surface area contributed by atoms with Crippen molar-refractivity contribution in [2.75, 3.05) is 69.5 Å². The van der Waals surface area contributed by atoms with Crippen molar-refractivity contribution in [3.63, 3.8) is 0 Å². The van der Waals surface area contributed by atoms with Crippen molar-refractivity contribution >= 4 is 72.3 Å². The molecule has 0 aliphatic carbocycles. The monoisotopic (exact) mass is 866 g/mol. The number of hydrogen-bond acceptors (Lipinski definition) is 9. The third-order valence-electron chi connectivity index (χ3n) is 10.5. The Kier molecular flexibility index (Phi) is 15.4. The molecule has 3 heterocycles. The van der Waals surface area contributed by atoms with Crippen molar-refractivity contribution < 1.29 is 32.2 Å². The highest BCUT2D eigenvalue weighted by Crippen LogP contribution is 2.37. The van der Waals surface area contributed by atoms with Gasteiger partial charge in [-0.2, -0.15) is 0 Å². The van der Waals surface area contributed by atoms with Crippen LogP contribution in [0.2, 0.25) is 5.02 Å². The van der Waals surface area contributed by atoms with Gasteiger partial charge >= 0.3 is 0 Å². The first-order chi connectivity index (χ1) is 29.7. The molecular weight excluding hydrogens is 816 g/mol. The topological polar surface area (TPSA) is 164 Å². The number of nitrogens with one attached hydrogen (secondary N) is 4. The summed E-state index contributed by atoms with van der Waals surface area (Å²) in [5.41, 5.74) is 8.28. The lowest BCUT2D eigenvalue weighted by Gasteiger charge is -2.27. The van der Waals surface area contributed by atoms with Crippen LogP contribution < -0.4 is 20.3 Å². The Balaban J connectivity index is 0.704. The fourth-order valence-corrected chi connectivity index (χ4v) is 8.60. The van der Waals surface area contributed by atoms with Gasteiger partial charge in [0.05, 0.1) is 51.0 Å². The first kappa shape index (κ1) is 43.7. The van der Waals surface area contributed by atoms with Crippen LogP contribution in [0.3, 0.4) is 0 Å². The van der Waals surface area contributed by atoms with E-state index in [4.69, 9.17) is 25.8 Å². The summed E-state index contributed by atoms with van der Waals surface area (Å²) in [5, 5.41) is 8.53. The number of carbonyl (C=O) groups is 2. The summed E-state index contributed by atoms with van der Waals surface area (Å²) in [5.74, 6) is -0.280.